The van der Waals surface area contributed by atoms with Crippen LogP contribution >= 0.6 is 11.8 Å². The van der Waals surface area contributed by atoms with Crippen molar-refractivity contribution < 1.29 is 18.6 Å². The molecule has 1 atom stereocenters. The van der Waals surface area contributed by atoms with E-state index < -0.39 is 11.9 Å². The highest BCUT2D eigenvalue weighted by Crippen LogP contribution is 2.24. The van der Waals surface area contributed by atoms with Gasteiger partial charge < -0.3 is 9.84 Å². The molecule has 0 aromatic heterocycles. The number of ether oxygens (including phenoxy) is 1. The molecule has 2 nitrogen and oxygen atoms in total. The first-order chi connectivity index (χ1) is 10.1. The van der Waals surface area contributed by atoms with E-state index in [4.69, 9.17) is 4.74 Å². The minimum absolute atomic E-state index is 0.164. The van der Waals surface area contributed by atoms with E-state index >= 15 is 0 Å². The van der Waals surface area contributed by atoms with Crippen molar-refractivity contribution in [3.8, 4) is 5.75 Å². The number of halogens is 2. The predicted octanol–water partition coefficient (Wildman–Crippen LogP) is 3.67. The van der Waals surface area contributed by atoms with Crippen LogP contribution in [0.25, 0.3) is 0 Å². The molecule has 0 saturated carbocycles. The van der Waals surface area contributed by atoms with E-state index in [0.29, 0.717) is 11.3 Å². The summed E-state index contributed by atoms with van der Waals surface area (Å²) in [6.45, 7) is 0. The van der Waals surface area contributed by atoms with Gasteiger partial charge in [-0.1, -0.05) is 18.2 Å². The Bertz CT molecular complexity index is 605. The van der Waals surface area contributed by atoms with E-state index in [1.54, 1.807) is 24.3 Å². The van der Waals surface area contributed by atoms with E-state index in [1.807, 2.05) is 0 Å². The number of rotatable bonds is 6. The molecule has 5 heteroatoms. The minimum atomic E-state index is -0.722. The summed E-state index contributed by atoms with van der Waals surface area (Å²) in [6.07, 6.45) is -0.536. The zero-order valence-corrected chi connectivity index (χ0v) is 12.4. The monoisotopic (exact) mass is 310 g/mol. The Hall–Kier alpha value is -1.59. The maximum absolute atomic E-state index is 14.0. The maximum Gasteiger partial charge on any atom is 0.168 e. The maximum atomic E-state index is 14.0. The van der Waals surface area contributed by atoms with E-state index in [9.17, 15) is 13.9 Å². The molecule has 112 valence electrons. The lowest BCUT2D eigenvalue weighted by Gasteiger charge is -2.12. The lowest BCUT2D eigenvalue weighted by Crippen LogP contribution is -2.14. The zero-order valence-electron chi connectivity index (χ0n) is 11.6. The molecule has 0 heterocycles. The molecule has 0 amide bonds. The fourth-order valence-electron chi connectivity index (χ4n) is 1.93. The molecule has 0 radical (unpaired) electrons. The van der Waals surface area contributed by atoms with Crippen molar-refractivity contribution in [3.63, 3.8) is 0 Å². The highest BCUT2D eigenvalue weighted by atomic mass is 32.2. The van der Waals surface area contributed by atoms with E-state index in [-0.39, 0.29) is 18.0 Å². The summed E-state index contributed by atoms with van der Waals surface area (Å²) in [5, 5.41) is 10.00. The lowest BCUT2D eigenvalue weighted by molar-refractivity contribution is 0.198. The molecule has 1 unspecified atom stereocenters. The molecule has 2 aromatic carbocycles. The van der Waals surface area contributed by atoms with Crippen LogP contribution in [0.2, 0.25) is 0 Å². The Balaban J connectivity index is 1.94. The van der Waals surface area contributed by atoms with Crippen LogP contribution in [0.5, 0.6) is 5.75 Å². The molecule has 0 aliphatic rings. The quantitative estimate of drug-likeness (QED) is 0.826. The molecular weight excluding hydrogens is 294 g/mol. The fourth-order valence-corrected chi connectivity index (χ4v) is 2.81. The zero-order chi connectivity index (χ0) is 15.2. The third-order valence-corrected chi connectivity index (χ3v) is 4.10. The largest absolute Gasteiger partial charge is 0.494 e. The van der Waals surface area contributed by atoms with Crippen LogP contribution in [-0.4, -0.2) is 24.1 Å². The van der Waals surface area contributed by atoms with Crippen LogP contribution in [-0.2, 0) is 6.42 Å². The molecule has 2 aromatic rings. The van der Waals surface area contributed by atoms with Gasteiger partial charge in [-0.05, 0) is 29.8 Å². The van der Waals surface area contributed by atoms with Crippen LogP contribution in [0, 0.1) is 11.6 Å². The van der Waals surface area contributed by atoms with Gasteiger partial charge in [-0.3, -0.25) is 0 Å². The Morgan fingerprint density at radius 2 is 1.95 bits per heavy atom. The van der Waals surface area contributed by atoms with Crippen molar-refractivity contribution in [2.24, 2.45) is 0 Å². The number of thioether (sulfide) groups is 1. The predicted molar refractivity (Wildman–Crippen MR) is 79.8 cm³/mol. The number of benzene rings is 2. The Morgan fingerprint density at radius 1 is 1.19 bits per heavy atom. The van der Waals surface area contributed by atoms with Crippen molar-refractivity contribution in [2.75, 3.05) is 12.9 Å². The van der Waals surface area contributed by atoms with Gasteiger partial charge in [0, 0.05) is 17.1 Å². The number of hydrogen-bond acceptors (Lipinski definition) is 3. The topological polar surface area (TPSA) is 29.5 Å². The highest BCUT2D eigenvalue weighted by molar-refractivity contribution is 7.99. The second-order valence-corrected chi connectivity index (χ2v) is 5.65. The van der Waals surface area contributed by atoms with Gasteiger partial charge >= 0.3 is 0 Å². The smallest absolute Gasteiger partial charge is 0.168 e. The molecule has 0 spiro atoms. The van der Waals surface area contributed by atoms with Gasteiger partial charge in [0.15, 0.2) is 11.6 Å². The van der Waals surface area contributed by atoms with Gasteiger partial charge in [-0.15, -0.1) is 11.8 Å². The third kappa shape index (κ3) is 4.44. The first kappa shape index (κ1) is 15.8. The number of aliphatic hydroxyl groups is 1. The second kappa shape index (κ2) is 7.43. The van der Waals surface area contributed by atoms with E-state index in [1.165, 1.54) is 37.1 Å². The molecule has 0 fully saturated rings. The van der Waals surface area contributed by atoms with Gasteiger partial charge in [0.2, 0.25) is 0 Å². The Morgan fingerprint density at radius 3 is 2.67 bits per heavy atom. The summed E-state index contributed by atoms with van der Waals surface area (Å²) in [4.78, 5) is 0.736. The summed E-state index contributed by atoms with van der Waals surface area (Å²) in [7, 11) is 1.40. The molecule has 1 N–H and O–H groups in total. The van der Waals surface area contributed by atoms with Crippen LogP contribution in [0.3, 0.4) is 0 Å². The van der Waals surface area contributed by atoms with Crippen LogP contribution in [0.1, 0.15) is 5.56 Å². The first-order valence-electron chi connectivity index (χ1n) is 6.48. The standard InChI is InChI=1S/C16H16F2O2S/c1-20-15-7-2-4-11(16(15)18)8-13(19)10-21-14-6-3-5-12(17)9-14/h2-7,9,13,19H,8,10H2,1H3. The second-order valence-electron chi connectivity index (χ2n) is 4.56. The van der Waals surface area contributed by atoms with E-state index in [0.717, 1.165) is 4.90 Å². The van der Waals surface area contributed by atoms with Gasteiger partial charge in [0.1, 0.15) is 5.82 Å². The Kier molecular flexibility index (Phi) is 5.59. The highest BCUT2D eigenvalue weighted by Gasteiger charge is 2.13. The van der Waals surface area contributed by atoms with Crippen molar-refractivity contribution in [1.29, 1.82) is 0 Å². The van der Waals surface area contributed by atoms with Crippen molar-refractivity contribution >= 4 is 11.8 Å². The molecule has 0 aliphatic carbocycles. The Labute approximate surface area is 126 Å². The van der Waals surface area contributed by atoms with Crippen LogP contribution in [0.15, 0.2) is 47.4 Å². The van der Waals surface area contributed by atoms with Crippen molar-refractivity contribution in [3.05, 3.63) is 59.7 Å². The molecule has 0 saturated heterocycles. The number of methoxy groups -OCH3 is 1. The van der Waals surface area contributed by atoms with E-state index in [2.05, 4.69) is 0 Å². The van der Waals surface area contributed by atoms with Gasteiger partial charge in [0.25, 0.3) is 0 Å². The SMILES string of the molecule is COc1cccc(CC(O)CSc2cccc(F)c2)c1F. The average Bonchev–Trinajstić information content (AvgIpc) is 2.47. The van der Waals surface area contributed by atoms with Crippen LogP contribution in [0.4, 0.5) is 8.78 Å². The molecule has 0 bridgehead atoms. The summed E-state index contributed by atoms with van der Waals surface area (Å²) < 4.78 is 31.9. The summed E-state index contributed by atoms with van der Waals surface area (Å²) in [5.74, 6) is -0.235. The van der Waals surface area contributed by atoms with Gasteiger partial charge in [-0.2, -0.15) is 0 Å². The van der Waals surface area contributed by atoms with Gasteiger partial charge in [0.05, 0.1) is 13.2 Å². The number of aliphatic hydroxyl groups excluding tert-OH is 1. The van der Waals surface area contributed by atoms with Crippen molar-refractivity contribution in [2.45, 2.75) is 17.4 Å². The van der Waals surface area contributed by atoms with Crippen LogP contribution < -0.4 is 4.74 Å². The normalized spacial score (nSPS) is 12.2. The molecule has 2 rings (SSSR count). The van der Waals surface area contributed by atoms with Gasteiger partial charge in [-0.25, -0.2) is 8.78 Å². The summed E-state index contributed by atoms with van der Waals surface area (Å²) in [5.41, 5.74) is 0.404. The fraction of sp³-hybridized carbons (Fsp3) is 0.250. The lowest BCUT2D eigenvalue weighted by atomic mass is 10.1. The average molecular weight is 310 g/mol. The molecule has 0 aliphatic heterocycles. The molecular formula is C16H16F2O2S. The summed E-state index contributed by atoms with van der Waals surface area (Å²) in [6, 6.07) is 11.0. The first-order valence-corrected chi connectivity index (χ1v) is 7.46. The minimum Gasteiger partial charge on any atom is -0.494 e. The number of hydrogen-bond donors (Lipinski definition) is 1. The molecule has 21 heavy (non-hydrogen) atoms. The van der Waals surface area contributed by atoms with Crippen molar-refractivity contribution in [1.82, 2.24) is 0 Å². The summed E-state index contributed by atoms with van der Waals surface area (Å²) >= 11 is 1.33. The third-order valence-electron chi connectivity index (χ3n) is 2.96.